The number of hydrogen-bond donors (Lipinski definition) is 2. The van der Waals surface area contributed by atoms with Gasteiger partial charge in [-0.25, -0.2) is 4.98 Å². The maximum Gasteiger partial charge on any atom is 0.433 e. The number of pyridine rings is 1. The zero-order chi connectivity index (χ0) is 14.7. The Bertz CT molecular complexity index is 587. The number of primary amides is 1. The molecule has 1 saturated heterocycles. The Morgan fingerprint density at radius 3 is 2.75 bits per heavy atom. The molecule has 20 heavy (non-hydrogen) atoms. The standard InChI is InChI=1S/C13H14F3N3O/c1-6-2-3-9(13(14,15)16)18-10(6)12-5-7(12)4-8(19-12)11(17)20/h2-3,7-8,19H,4-5H2,1H3,(H2,17,20). The molecule has 1 saturated carbocycles. The molecule has 1 aliphatic heterocycles. The van der Waals surface area contributed by atoms with Crippen molar-refractivity contribution in [1.29, 1.82) is 0 Å². The molecule has 0 aromatic carbocycles. The van der Waals surface area contributed by atoms with Crippen molar-refractivity contribution in [3.8, 4) is 0 Å². The minimum Gasteiger partial charge on any atom is -0.368 e. The normalized spacial score (nSPS) is 32.0. The number of nitrogens with one attached hydrogen (secondary N) is 1. The minimum absolute atomic E-state index is 0.134. The maximum atomic E-state index is 12.8. The summed E-state index contributed by atoms with van der Waals surface area (Å²) in [5.41, 5.74) is 4.83. The van der Waals surface area contributed by atoms with Crippen molar-refractivity contribution >= 4 is 5.91 Å². The summed E-state index contributed by atoms with van der Waals surface area (Å²) < 4.78 is 38.3. The van der Waals surface area contributed by atoms with Gasteiger partial charge in [-0.3, -0.25) is 10.1 Å². The van der Waals surface area contributed by atoms with E-state index in [1.165, 1.54) is 6.07 Å². The van der Waals surface area contributed by atoms with Crippen LogP contribution in [0.15, 0.2) is 12.1 Å². The predicted molar refractivity (Wildman–Crippen MR) is 64.5 cm³/mol. The molecule has 2 aliphatic rings. The van der Waals surface area contributed by atoms with Gasteiger partial charge in [-0.2, -0.15) is 13.2 Å². The number of nitrogens with two attached hydrogens (primary N) is 1. The fraction of sp³-hybridized carbons (Fsp3) is 0.538. The van der Waals surface area contributed by atoms with Crippen LogP contribution < -0.4 is 11.1 Å². The van der Waals surface area contributed by atoms with Gasteiger partial charge in [0.2, 0.25) is 5.91 Å². The van der Waals surface area contributed by atoms with Crippen LogP contribution in [0, 0.1) is 12.8 Å². The van der Waals surface area contributed by atoms with Gasteiger partial charge in [-0.05, 0) is 37.3 Å². The topological polar surface area (TPSA) is 68.0 Å². The van der Waals surface area contributed by atoms with Crippen molar-refractivity contribution in [2.45, 2.75) is 37.5 Å². The smallest absolute Gasteiger partial charge is 0.368 e. The lowest BCUT2D eigenvalue weighted by Crippen LogP contribution is -2.43. The lowest BCUT2D eigenvalue weighted by molar-refractivity contribution is -0.141. The molecule has 1 amide bonds. The fourth-order valence-corrected chi connectivity index (χ4v) is 3.13. The number of carbonyl (C=O) groups excluding carboxylic acids is 1. The Kier molecular flexibility index (Phi) is 2.63. The zero-order valence-electron chi connectivity index (χ0n) is 10.8. The number of hydrogen-bond acceptors (Lipinski definition) is 3. The van der Waals surface area contributed by atoms with Crippen LogP contribution in [0.5, 0.6) is 0 Å². The van der Waals surface area contributed by atoms with E-state index in [0.29, 0.717) is 24.1 Å². The first-order valence-corrected chi connectivity index (χ1v) is 6.36. The molecule has 0 radical (unpaired) electrons. The predicted octanol–water partition coefficient (Wildman–Crippen LogP) is 1.47. The van der Waals surface area contributed by atoms with Crippen LogP contribution in [-0.2, 0) is 16.5 Å². The third-order valence-electron chi connectivity index (χ3n) is 4.21. The summed E-state index contributed by atoms with van der Waals surface area (Å²) in [4.78, 5) is 15.0. The third-order valence-corrected chi connectivity index (χ3v) is 4.21. The lowest BCUT2D eigenvalue weighted by Gasteiger charge is -2.20. The average molecular weight is 285 g/mol. The first kappa shape index (κ1) is 13.4. The van der Waals surface area contributed by atoms with Gasteiger partial charge in [0.25, 0.3) is 0 Å². The highest BCUT2D eigenvalue weighted by Crippen LogP contribution is 2.59. The molecule has 3 atom stereocenters. The zero-order valence-corrected chi connectivity index (χ0v) is 10.8. The van der Waals surface area contributed by atoms with Crippen LogP contribution in [0.3, 0.4) is 0 Å². The molecule has 0 spiro atoms. The van der Waals surface area contributed by atoms with Crippen LogP contribution in [0.1, 0.15) is 29.8 Å². The number of halogens is 3. The summed E-state index contributed by atoms with van der Waals surface area (Å²) >= 11 is 0. The number of aryl methyl sites for hydroxylation is 1. The summed E-state index contributed by atoms with van der Waals surface area (Å²) in [5.74, 6) is -0.337. The second kappa shape index (κ2) is 3.94. The molecule has 3 rings (SSSR count). The maximum absolute atomic E-state index is 12.8. The van der Waals surface area contributed by atoms with Crippen molar-refractivity contribution in [3.05, 3.63) is 29.1 Å². The molecule has 3 N–H and O–H groups in total. The minimum atomic E-state index is -4.47. The Morgan fingerprint density at radius 2 is 2.20 bits per heavy atom. The van der Waals surface area contributed by atoms with Gasteiger partial charge in [0, 0.05) is 0 Å². The Balaban J connectivity index is 1.98. The lowest BCUT2D eigenvalue weighted by atomic mass is 10.0. The number of alkyl halides is 3. The van der Waals surface area contributed by atoms with Gasteiger partial charge in [-0.1, -0.05) is 6.07 Å². The van der Waals surface area contributed by atoms with Crippen LogP contribution in [0.2, 0.25) is 0 Å². The van der Waals surface area contributed by atoms with Gasteiger partial charge in [-0.15, -0.1) is 0 Å². The van der Waals surface area contributed by atoms with Gasteiger partial charge in [0.15, 0.2) is 0 Å². The highest BCUT2D eigenvalue weighted by molar-refractivity contribution is 5.81. The number of rotatable bonds is 2. The number of carbonyl (C=O) groups is 1. The second-order valence-electron chi connectivity index (χ2n) is 5.57. The van der Waals surface area contributed by atoms with Crippen molar-refractivity contribution in [2.75, 3.05) is 0 Å². The second-order valence-corrected chi connectivity index (χ2v) is 5.57. The van der Waals surface area contributed by atoms with E-state index >= 15 is 0 Å². The number of piperidine rings is 1. The van der Waals surface area contributed by atoms with Gasteiger partial charge < -0.3 is 5.73 Å². The first-order valence-electron chi connectivity index (χ1n) is 6.36. The van der Waals surface area contributed by atoms with Crippen molar-refractivity contribution < 1.29 is 18.0 Å². The van der Waals surface area contributed by atoms with E-state index in [4.69, 9.17) is 5.73 Å². The molecule has 0 bridgehead atoms. The van der Waals surface area contributed by atoms with E-state index < -0.39 is 29.4 Å². The van der Waals surface area contributed by atoms with E-state index in [1.807, 2.05) is 0 Å². The molecule has 1 aliphatic carbocycles. The highest BCUT2D eigenvalue weighted by atomic mass is 19.4. The molecule has 2 heterocycles. The van der Waals surface area contributed by atoms with Crippen molar-refractivity contribution in [2.24, 2.45) is 11.7 Å². The van der Waals surface area contributed by atoms with Gasteiger partial charge in [0.1, 0.15) is 5.69 Å². The van der Waals surface area contributed by atoms with Crippen molar-refractivity contribution in [3.63, 3.8) is 0 Å². The third kappa shape index (κ3) is 1.88. The number of fused-ring (bicyclic) bond motifs is 1. The van der Waals surface area contributed by atoms with E-state index in [2.05, 4.69) is 10.3 Å². The number of amides is 1. The van der Waals surface area contributed by atoms with Crippen LogP contribution >= 0.6 is 0 Å². The SMILES string of the molecule is Cc1ccc(C(F)(F)F)nc1C12CC1CC(C(N)=O)N2. The molecule has 1 aromatic rings. The molecule has 1 aromatic heterocycles. The summed E-state index contributed by atoms with van der Waals surface area (Å²) in [6, 6.07) is 1.92. The van der Waals surface area contributed by atoms with E-state index in [1.54, 1.807) is 6.92 Å². The molecular formula is C13H14F3N3O. The van der Waals surface area contributed by atoms with Gasteiger partial charge >= 0.3 is 6.18 Å². The van der Waals surface area contributed by atoms with Crippen molar-refractivity contribution in [1.82, 2.24) is 10.3 Å². The Labute approximate surface area is 113 Å². The van der Waals surface area contributed by atoms with E-state index in [-0.39, 0.29) is 5.92 Å². The average Bonchev–Trinajstić information content (AvgIpc) is 2.90. The summed E-state index contributed by atoms with van der Waals surface area (Å²) in [7, 11) is 0. The van der Waals surface area contributed by atoms with Crippen LogP contribution in [0.25, 0.3) is 0 Å². The summed E-state index contributed by atoms with van der Waals surface area (Å²) in [6.07, 6.45) is -3.20. The monoisotopic (exact) mass is 285 g/mol. The Morgan fingerprint density at radius 1 is 1.50 bits per heavy atom. The molecule has 7 heteroatoms. The van der Waals surface area contributed by atoms with Gasteiger partial charge in [0.05, 0.1) is 17.3 Å². The molecule has 2 fully saturated rings. The van der Waals surface area contributed by atoms with E-state index in [9.17, 15) is 18.0 Å². The summed E-state index contributed by atoms with van der Waals surface area (Å²) in [5, 5.41) is 3.07. The number of aromatic nitrogens is 1. The summed E-state index contributed by atoms with van der Waals surface area (Å²) in [6.45, 7) is 1.73. The number of nitrogens with zero attached hydrogens (tertiary/aromatic N) is 1. The molecule has 3 unspecified atom stereocenters. The molecule has 4 nitrogen and oxygen atoms in total. The quantitative estimate of drug-likeness (QED) is 0.864. The van der Waals surface area contributed by atoms with E-state index in [0.717, 1.165) is 6.07 Å². The first-order chi connectivity index (χ1) is 9.24. The molecular weight excluding hydrogens is 271 g/mol. The molecule has 108 valence electrons. The van der Waals surface area contributed by atoms with Crippen LogP contribution in [0.4, 0.5) is 13.2 Å². The highest BCUT2D eigenvalue weighted by Gasteiger charge is 2.63. The Hall–Kier alpha value is -1.63. The fourth-order valence-electron chi connectivity index (χ4n) is 3.13. The van der Waals surface area contributed by atoms with Crippen LogP contribution in [-0.4, -0.2) is 16.9 Å². The largest absolute Gasteiger partial charge is 0.433 e.